The van der Waals surface area contributed by atoms with E-state index < -0.39 is 37.3 Å². The summed E-state index contributed by atoms with van der Waals surface area (Å²) in [6.45, 7) is 59.0. The van der Waals surface area contributed by atoms with Gasteiger partial charge in [0.2, 0.25) is 11.8 Å². The van der Waals surface area contributed by atoms with Crippen LogP contribution in [0, 0.1) is 56.2 Å². The van der Waals surface area contributed by atoms with Crippen LogP contribution in [-0.4, -0.2) is 215 Å². The molecule has 2 saturated heterocycles. The lowest BCUT2D eigenvalue weighted by Gasteiger charge is -2.39. The summed E-state index contributed by atoms with van der Waals surface area (Å²) in [5.74, 6) is 1.92. The van der Waals surface area contributed by atoms with Gasteiger partial charge in [-0.25, -0.2) is 0 Å². The molecule has 590 valence electrons. The van der Waals surface area contributed by atoms with E-state index in [2.05, 4.69) is 49.6 Å². The standard InChI is InChI=1S/C17H31NO8.C11H21NO2.C9H18O3.C8H16O2.C8H18.C6H12O2.C6H12O.2C5H11NO/c1-10(2)11(20)5-3-4-6-13(21)18-7-8-25-17-16(24)15(23)14(22)12(9-19)26-17;1-11(2,3)10(13)4-5-12-6-8-14-9-7-12;1-8(2)9(10)4-5-12-7-6-11-3;1-8(2,3)7(9)5-6-10-4;1-7(2)6-8(3,4)5;1-6(2,3)5(7)8-4;1-5(7)6(2,3)4;1-5(2,3)4(6)7;1-4(2)5(7)3-6/h10,12,14-17,19,22-24H,3-9H2,1-2H3,(H,18,21);4-9H2,1-3H3;8H,4-7H2,1-3H3;5-6H2,1-4H3;7H,6H2,1-5H3;1-4H3;1-4H3;1-3H3,(H2,6,7);4H,3,6H2,1-2H3/t12-,14-,15+,16-,17-;;;;;;;;/m1......../s1. The third kappa shape index (κ3) is 69.4. The number of aliphatic hydroxyl groups is 4. The minimum atomic E-state index is -1.49. The number of carbonyl (C=O) groups excluding carboxylic acids is 9. The van der Waals surface area contributed by atoms with Crippen LogP contribution >= 0.6 is 0 Å². The Morgan fingerprint density at radius 2 is 0.980 bits per heavy atom. The molecule has 0 spiro atoms. The van der Waals surface area contributed by atoms with Gasteiger partial charge in [0.1, 0.15) is 59.1 Å². The van der Waals surface area contributed by atoms with Gasteiger partial charge in [0.05, 0.1) is 71.9 Å². The molecule has 2 aliphatic heterocycles. The third-order valence-electron chi connectivity index (χ3n) is 14.3. The number of Topliss-reactive ketones (excluding diaryl/α,β-unsaturated/α-hetero) is 6. The first-order valence-electron chi connectivity index (χ1n) is 35.2. The van der Waals surface area contributed by atoms with Crippen LogP contribution < -0.4 is 16.8 Å². The molecule has 0 aliphatic carbocycles. The fourth-order valence-corrected chi connectivity index (χ4v) is 7.03. The third-order valence-corrected chi connectivity index (χ3v) is 14.3. The monoisotopic (exact) mass is 1430 g/mol. The molecule has 0 aromatic heterocycles. The number of nitrogens with zero attached hydrogens (tertiary/aromatic N) is 1. The zero-order valence-corrected chi connectivity index (χ0v) is 68.0. The van der Waals surface area contributed by atoms with E-state index in [1.165, 1.54) is 13.5 Å². The molecule has 0 aromatic carbocycles. The Bertz CT molecular complexity index is 2110. The van der Waals surface area contributed by atoms with Crippen molar-refractivity contribution in [2.24, 2.45) is 67.6 Å². The number of carbonyl (C=O) groups is 9. The fourth-order valence-electron chi connectivity index (χ4n) is 7.03. The van der Waals surface area contributed by atoms with Gasteiger partial charge in [-0.05, 0) is 58.3 Å². The van der Waals surface area contributed by atoms with Crippen LogP contribution in [-0.2, 0) is 76.3 Å². The van der Waals surface area contributed by atoms with Crippen molar-refractivity contribution in [3.63, 3.8) is 0 Å². The van der Waals surface area contributed by atoms with Crippen molar-refractivity contribution in [1.82, 2.24) is 10.2 Å². The second-order valence-corrected chi connectivity index (χ2v) is 32.2. The van der Waals surface area contributed by atoms with Crippen LogP contribution in [0.5, 0.6) is 0 Å². The Morgan fingerprint density at radius 1 is 0.545 bits per heavy atom. The highest BCUT2D eigenvalue weighted by Crippen LogP contribution is 2.24. The van der Waals surface area contributed by atoms with E-state index in [0.29, 0.717) is 82.6 Å². The maximum Gasteiger partial charge on any atom is 0.310 e. The maximum absolute atomic E-state index is 11.7. The van der Waals surface area contributed by atoms with Crippen molar-refractivity contribution in [3.8, 4) is 0 Å². The molecule has 2 amide bonds. The van der Waals surface area contributed by atoms with Crippen LogP contribution in [0.3, 0.4) is 0 Å². The van der Waals surface area contributed by atoms with Gasteiger partial charge in [0.25, 0.3) is 0 Å². The van der Waals surface area contributed by atoms with Gasteiger partial charge in [-0.2, -0.15) is 0 Å². The van der Waals surface area contributed by atoms with Gasteiger partial charge in [0, 0.05) is 112 Å². The summed E-state index contributed by atoms with van der Waals surface area (Å²) < 4.78 is 34.9. The second-order valence-electron chi connectivity index (χ2n) is 32.2. The summed E-state index contributed by atoms with van der Waals surface area (Å²) in [5.41, 5.74) is 9.23. The van der Waals surface area contributed by atoms with E-state index in [4.69, 9.17) is 45.0 Å². The average Bonchev–Trinajstić information content (AvgIpc) is 0.822. The number of nitrogens with one attached hydrogen (secondary N) is 1. The molecule has 0 saturated carbocycles. The molecule has 9 N–H and O–H groups in total. The van der Waals surface area contributed by atoms with Crippen LogP contribution in [0.4, 0.5) is 0 Å². The van der Waals surface area contributed by atoms with E-state index in [1.54, 1.807) is 41.9 Å². The van der Waals surface area contributed by atoms with Gasteiger partial charge in [0.15, 0.2) is 6.29 Å². The average molecular weight is 1430 g/mol. The molecule has 2 rings (SSSR count). The van der Waals surface area contributed by atoms with Crippen LogP contribution in [0.2, 0.25) is 0 Å². The summed E-state index contributed by atoms with van der Waals surface area (Å²) in [4.78, 5) is 101. The Kier molecular flexibility index (Phi) is 63.9. The molecule has 0 radical (unpaired) electrons. The Balaban J connectivity index is -0.000000202. The van der Waals surface area contributed by atoms with Gasteiger partial charge < -0.3 is 70.4 Å². The number of ketones is 6. The number of morpholine rings is 1. The molecule has 0 bridgehead atoms. The predicted octanol–water partition coefficient (Wildman–Crippen LogP) is 9.52. The number of amides is 2. The van der Waals surface area contributed by atoms with Gasteiger partial charge >= 0.3 is 5.97 Å². The number of esters is 1. The van der Waals surface area contributed by atoms with Crippen molar-refractivity contribution in [2.75, 3.05) is 107 Å². The SMILES string of the molecule is CC(=O)C(C)(C)C.CC(C)(C)C(=O)CCN1CCOCC1.CC(C)(C)C(N)=O.CC(C)C(=O)CCCCC(=O)NCCO[C@@H]1O[C@H](CO)[C@@H](O)[C@H](O)[C@H]1O.CC(C)C(=O)CN.CC(C)CC(C)(C)C.COC(=O)C(C)(C)C.COCCC(=O)C(C)(C)C.COCCOCCC(=O)C(C)C. The highest BCUT2D eigenvalue weighted by Gasteiger charge is 2.44. The van der Waals surface area contributed by atoms with E-state index in [1.807, 2.05) is 125 Å². The van der Waals surface area contributed by atoms with Crippen LogP contribution in [0.1, 0.15) is 238 Å². The summed E-state index contributed by atoms with van der Waals surface area (Å²) in [5, 5.41) is 40.8. The largest absolute Gasteiger partial charge is 0.469 e. The van der Waals surface area contributed by atoms with Gasteiger partial charge in [-0.1, -0.05) is 159 Å². The lowest BCUT2D eigenvalue weighted by molar-refractivity contribution is -0.300. The number of aliphatic hydroxyl groups excluding tert-OH is 4. The lowest BCUT2D eigenvalue weighted by atomic mass is 9.86. The van der Waals surface area contributed by atoms with Gasteiger partial charge in [-0.15, -0.1) is 0 Å². The number of ether oxygens (including phenoxy) is 7. The number of nitrogens with two attached hydrogens (primary N) is 2. The van der Waals surface area contributed by atoms with E-state index in [-0.39, 0.29) is 111 Å². The highest BCUT2D eigenvalue weighted by molar-refractivity contribution is 5.85. The Hall–Kier alpha value is -4.05. The van der Waals surface area contributed by atoms with Crippen LogP contribution in [0.25, 0.3) is 0 Å². The molecular weight excluding hydrogens is 1280 g/mol. The van der Waals surface area contributed by atoms with E-state index >= 15 is 0 Å². The lowest BCUT2D eigenvalue weighted by Crippen LogP contribution is -2.59. The quantitative estimate of drug-likeness (QED) is 0.0297. The number of primary amides is 1. The number of hydrogen-bond donors (Lipinski definition) is 7. The molecule has 0 unspecified atom stereocenters. The number of methoxy groups -OCH3 is 3. The predicted molar refractivity (Wildman–Crippen MR) is 394 cm³/mol. The minimum Gasteiger partial charge on any atom is -0.469 e. The molecule has 2 aliphatic rings. The maximum atomic E-state index is 11.7. The summed E-state index contributed by atoms with van der Waals surface area (Å²) in [6.07, 6.45) is -1.49. The number of rotatable bonds is 27. The summed E-state index contributed by atoms with van der Waals surface area (Å²) in [7, 11) is 4.63. The smallest absolute Gasteiger partial charge is 0.310 e. The summed E-state index contributed by atoms with van der Waals surface area (Å²) >= 11 is 0. The Morgan fingerprint density at radius 3 is 1.30 bits per heavy atom. The molecule has 99 heavy (non-hydrogen) atoms. The minimum absolute atomic E-state index is 0.0170. The molecule has 0 aromatic rings. The normalized spacial score (nSPS) is 17.1. The van der Waals surface area contributed by atoms with Crippen molar-refractivity contribution in [1.29, 1.82) is 0 Å². The second kappa shape index (κ2) is 58.3. The van der Waals surface area contributed by atoms with Crippen molar-refractivity contribution < 1.29 is 96.7 Å². The molecule has 24 heteroatoms. The van der Waals surface area contributed by atoms with Crippen molar-refractivity contribution in [2.45, 2.75) is 269 Å². The first-order chi connectivity index (χ1) is 44.9. The van der Waals surface area contributed by atoms with Gasteiger partial charge in [-0.3, -0.25) is 48.1 Å². The van der Waals surface area contributed by atoms with Crippen molar-refractivity contribution >= 4 is 52.5 Å². The molecule has 2 fully saturated rings. The zero-order valence-electron chi connectivity index (χ0n) is 68.0. The van der Waals surface area contributed by atoms with E-state index in [0.717, 1.165) is 38.8 Å². The summed E-state index contributed by atoms with van der Waals surface area (Å²) in [6, 6.07) is 0. The topological polar surface area (TPSA) is 366 Å². The first-order valence-corrected chi connectivity index (χ1v) is 35.2. The Labute approximate surface area is 600 Å². The molecule has 24 nitrogen and oxygen atoms in total. The molecular formula is C75H150N4O20. The first kappa shape index (κ1) is 108. The number of hydrogen-bond acceptors (Lipinski definition) is 22. The molecule has 5 atom stereocenters. The van der Waals surface area contributed by atoms with Crippen LogP contribution in [0.15, 0.2) is 0 Å². The molecule has 2 heterocycles. The number of unbranched alkanes of at least 4 members (excludes halogenated alkanes) is 1. The van der Waals surface area contributed by atoms with Crippen molar-refractivity contribution in [3.05, 3.63) is 0 Å². The fraction of sp³-hybridized carbons (Fsp3) is 0.880. The zero-order chi connectivity index (χ0) is 79.5. The highest BCUT2D eigenvalue weighted by atomic mass is 16.7. The van der Waals surface area contributed by atoms with E-state index in [9.17, 15) is 58.5 Å².